The molecule has 0 unspecified atom stereocenters. The van der Waals surface area contributed by atoms with Gasteiger partial charge in [0.2, 0.25) is 15.9 Å². The molecule has 0 saturated carbocycles. The van der Waals surface area contributed by atoms with E-state index >= 15 is 0 Å². The highest BCUT2D eigenvalue weighted by Crippen LogP contribution is 2.24. The van der Waals surface area contributed by atoms with E-state index in [0.717, 1.165) is 36.2 Å². The third-order valence-corrected chi connectivity index (χ3v) is 7.87. The van der Waals surface area contributed by atoms with Crippen LogP contribution in [0.4, 0.5) is 5.13 Å². The number of nitrogens with one attached hydrogen (secondary N) is 1. The number of anilines is 1. The Morgan fingerprint density at radius 1 is 1.03 bits per heavy atom. The van der Waals surface area contributed by atoms with Gasteiger partial charge in [-0.05, 0) is 49.1 Å². The molecule has 1 aromatic carbocycles. The maximum atomic E-state index is 12.7. The lowest BCUT2D eigenvalue weighted by Gasteiger charge is -2.25. The number of amides is 1. The summed E-state index contributed by atoms with van der Waals surface area (Å²) in [4.78, 5) is 21.3. The predicted octanol–water partition coefficient (Wildman–Crippen LogP) is 3.95. The number of benzene rings is 1. The normalized spacial score (nSPS) is 15.0. The van der Waals surface area contributed by atoms with Crippen LogP contribution in [-0.4, -0.2) is 41.7 Å². The molecular weight excluding hydrogens is 432 g/mol. The summed E-state index contributed by atoms with van der Waals surface area (Å²) in [6.07, 6.45) is 5.42. The van der Waals surface area contributed by atoms with E-state index in [0.29, 0.717) is 29.5 Å². The molecule has 4 rings (SSSR count). The average molecular weight is 457 g/mol. The van der Waals surface area contributed by atoms with Gasteiger partial charge in [0, 0.05) is 31.1 Å². The Morgan fingerprint density at radius 3 is 2.52 bits per heavy atom. The highest BCUT2D eigenvalue weighted by Gasteiger charge is 2.25. The number of hydrogen-bond acceptors (Lipinski definition) is 6. The van der Waals surface area contributed by atoms with E-state index < -0.39 is 10.0 Å². The molecule has 0 aliphatic carbocycles. The third kappa shape index (κ3) is 5.36. The summed E-state index contributed by atoms with van der Waals surface area (Å²) in [6.45, 7) is 1.17. The van der Waals surface area contributed by atoms with E-state index in [1.54, 1.807) is 34.8 Å². The van der Waals surface area contributed by atoms with Crippen molar-refractivity contribution in [2.75, 3.05) is 18.4 Å². The van der Waals surface area contributed by atoms with Crippen molar-refractivity contribution in [1.29, 1.82) is 0 Å². The lowest BCUT2D eigenvalue weighted by Crippen LogP contribution is -2.35. The fourth-order valence-electron chi connectivity index (χ4n) is 3.49. The molecule has 1 saturated heterocycles. The Morgan fingerprint density at radius 2 is 1.81 bits per heavy atom. The predicted molar refractivity (Wildman–Crippen MR) is 121 cm³/mol. The van der Waals surface area contributed by atoms with Crippen molar-refractivity contribution in [3.63, 3.8) is 0 Å². The van der Waals surface area contributed by atoms with Crippen molar-refractivity contribution < 1.29 is 13.2 Å². The first kappa shape index (κ1) is 21.6. The van der Waals surface area contributed by atoms with Crippen molar-refractivity contribution in [3.8, 4) is 11.4 Å². The van der Waals surface area contributed by atoms with E-state index in [1.807, 2.05) is 23.6 Å². The number of hydrogen-bond donors (Lipinski definition) is 1. The Bertz CT molecular complexity index is 1120. The smallest absolute Gasteiger partial charge is 0.243 e. The van der Waals surface area contributed by atoms with Crippen LogP contribution in [-0.2, 0) is 21.2 Å². The summed E-state index contributed by atoms with van der Waals surface area (Å²) in [6, 6.07) is 12.4. The number of sulfonamides is 1. The number of carbonyl (C=O) groups is 1. The molecule has 9 heteroatoms. The molecule has 0 radical (unpaired) electrons. The Hall–Kier alpha value is -2.62. The molecule has 1 N–H and O–H groups in total. The molecule has 0 spiro atoms. The van der Waals surface area contributed by atoms with Gasteiger partial charge in [0.25, 0.3) is 0 Å². The number of aromatic nitrogens is 2. The highest BCUT2D eigenvalue weighted by molar-refractivity contribution is 7.89. The van der Waals surface area contributed by atoms with Gasteiger partial charge in [-0.2, -0.15) is 4.31 Å². The summed E-state index contributed by atoms with van der Waals surface area (Å²) in [7, 11) is -3.43. The van der Waals surface area contributed by atoms with Crippen LogP contribution in [0.5, 0.6) is 0 Å². The Labute approximate surface area is 186 Å². The fourth-order valence-corrected chi connectivity index (χ4v) is 5.72. The Balaban J connectivity index is 1.31. The molecule has 0 bridgehead atoms. The highest BCUT2D eigenvalue weighted by atomic mass is 32.2. The molecular formula is C22H24N4O3S2. The van der Waals surface area contributed by atoms with Gasteiger partial charge >= 0.3 is 0 Å². The summed E-state index contributed by atoms with van der Waals surface area (Å²) in [5.41, 5.74) is 2.41. The zero-order valence-corrected chi connectivity index (χ0v) is 18.7. The van der Waals surface area contributed by atoms with Crippen LogP contribution in [0.15, 0.2) is 58.9 Å². The van der Waals surface area contributed by atoms with Gasteiger partial charge in [-0.15, -0.1) is 11.3 Å². The van der Waals surface area contributed by atoms with Crippen LogP contribution >= 0.6 is 11.3 Å². The second-order valence-corrected chi connectivity index (χ2v) is 10.2. The molecule has 1 aliphatic rings. The van der Waals surface area contributed by atoms with Gasteiger partial charge in [0.05, 0.1) is 10.6 Å². The maximum Gasteiger partial charge on any atom is 0.243 e. The van der Waals surface area contributed by atoms with Crippen LogP contribution in [0.3, 0.4) is 0 Å². The van der Waals surface area contributed by atoms with Gasteiger partial charge in [0.15, 0.2) is 5.13 Å². The first-order valence-electron chi connectivity index (χ1n) is 10.3. The lowest BCUT2D eigenvalue weighted by molar-refractivity contribution is -0.116. The van der Waals surface area contributed by atoms with Crippen molar-refractivity contribution in [2.24, 2.45) is 0 Å². The fraction of sp³-hybridized carbons (Fsp3) is 0.318. The number of nitrogens with zero attached hydrogens (tertiary/aromatic N) is 3. The number of rotatable bonds is 7. The van der Waals surface area contributed by atoms with Gasteiger partial charge < -0.3 is 5.32 Å². The number of aryl methyl sites for hydroxylation is 1. The molecule has 31 heavy (non-hydrogen) atoms. The minimum atomic E-state index is -3.43. The van der Waals surface area contributed by atoms with Crippen molar-refractivity contribution in [2.45, 2.75) is 37.0 Å². The minimum Gasteiger partial charge on any atom is -0.302 e. The molecule has 3 aromatic rings. The second kappa shape index (κ2) is 9.67. The zero-order chi connectivity index (χ0) is 21.7. The molecule has 0 atom stereocenters. The number of thiazole rings is 1. The Kier molecular flexibility index (Phi) is 6.74. The van der Waals surface area contributed by atoms with Crippen LogP contribution in [0.1, 0.15) is 31.2 Å². The number of piperidine rings is 1. The quantitative estimate of drug-likeness (QED) is 0.581. The van der Waals surface area contributed by atoms with Crippen LogP contribution in [0.2, 0.25) is 0 Å². The van der Waals surface area contributed by atoms with Gasteiger partial charge in [-0.1, -0.05) is 24.6 Å². The topological polar surface area (TPSA) is 92.3 Å². The summed E-state index contributed by atoms with van der Waals surface area (Å²) in [5, 5.41) is 5.22. The first-order chi connectivity index (χ1) is 15.0. The maximum absolute atomic E-state index is 12.7. The van der Waals surface area contributed by atoms with Gasteiger partial charge in [0.1, 0.15) is 5.69 Å². The average Bonchev–Trinajstić information content (AvgIpc) is 3.27. The molecule has 1 aliphatic heterocycles. The molecule has 7 nitrogen and oxygen atoms in total. The molecule has 2 aromatic heterocycles. The number of pyridine rings is 1. The summed E-state index contributed by atoms with van der Waals surface area (Å²) >= 11 is 1.36. The van der Waals surface area contributed by atoms with Crippen molar-refractivity contribution in [3.05, 3.63) is 59.6 Å². The monoisotopic (exact) mass is 456 g/mol. The van der Waals surface area contributed by atoms with Crippen LogP contribution in [0.25, 0.3) is 11.4 Å². The van der Waals surface area contributed by atoms with Crippen LogP contribution in [0, 0.1) is 0 Å². The lowest BCUT2D eigenvalue weighted by atomic mass is 10.1. The van der Waals surface area contributed by atoms with E-state index in [1.165, 1.54) is 11.3 Å². The molecule has 162 valence electrons. The van der Waals surface area contributed by atoms with E-state index in [9.17, 15) is 13.2 Å². The van der Waals surface area contributed by atoms with E-state index in [-0.39, 0.29) is 12.3 Å². The largest absolute Gasteiger partial charge is 0.302 e. The molecule has 1 fully saturated rings. The first-order valence-corrected chi connectivity index (χ1v) is 12.6. The number of carbonyl (C=O) groups excluding carboxylic acids is 1. The third-order valence-electron chi connectivity index (χ3n) is 5.19. The van der Waals surface area contributed by atoms with Crippen molar-refractivity contribution >= 4 is 32.4 Å². The zero-order valence-electron chi connectivity index (χ0n) is 17.0. The summed E-state index contributed by atoms with van der Waals surface area (Å²) in [5.74, 6) is -0.132. The van der Waals surface area contributed by atoms with Gasteiger partial charge in [-0.3, -0.25) is 9.78 Å². The molecule has 1 amide bonds. The minimum absolute atomic E-state index is 0.132. The standard InChI is InChI=1S/C22H24N4O3S2/c27-21(25-22-24-20(16-30-22)19-6-2-3-13-23-19)12-9-17-7-10-18(11-8-17)31(28,29)26-14-4-1-5-15-26/h2-3,6-8,10-11,13,16H,1,4-5,9,12,14-15H2,(H,24,25,27). The van der Waals surface area contributed by atoms with Crippen molar-refractivity contribution in [1.82, 2.24) is 14.3 Å². The SMILES string of the molecule is O=C(CCc1ccc(S(=O)(=O)N2CCCCC2)cc1)Nc1nc(-c2ccccn2)cs1. The van der Waals surface area contributed by atoms with Crippen LogP contribution < -0.4 is 5.32 Å². The molecule has 3 heterocycles. The van der Waals surface area contributed by atoms with Gasteiger partial charge in [-0.25, -0.2) is 13.4 Å². The summed E-state index contributed by atoms with van der Waals surface area (Å²) < 4.78 is 27.0. The van der Waals surface area contributed by atoms with E-state index in [2.05, 4.69) is 15.3 Å². The second-order valence-electron chi connectivity index (χ2n) is 7.41. The van der Waals surface area contributed by atoms with E-state index in [4.69, 9.17) is 0 Å².